The van der Waals surface area contributed by atoms with Crippen LogP contribution in [-0.4, -0.2) is 12.7 Å². The molecule has 0 aliphatic rings. The van der Waals surface area contributed by atoms with Crippen LogP contribution in [0.15, 0.2) is 30.3 Å². The number of hydrogen-bond acceptors (Lipinski definition) is 2. The summed E-state index contributed by atoms with van der Waals surface area (Å²) in [7, 11) is 0. The molecule has 1 aromatic rings. The van der Waals surface area contributed by atoms with Crippen molar-refractivity contribution in [3.05, 3.63) is 30.3 Å². The lowest BCUT2D eigenvalue weighted by Crippen LogP contribution is -2.15. The average Bonchev–Trinajstić information content (AvgIpc) is 2.55. The molecule has 0 aliphatic carbocycles. The van der Waals surface area contributed by atoms with Crippen LogP contribution in [-0.2, 0) is 4.74 Å². The van der Waals surface area contributed by atoms with Crippen LogP contribution >= 0.6 is 0 Å². The lowest BCUT2D eigenvalue weighted by atomic mass is 9.93. The highest BCUT2D eigenvalue weighted by molar-refractivity contribution is 5.84. The van der Waals surface area contributed by atoms with Crippen LogP contribution < -0.4 is 5.32 Å². The molecule has 2 atom stereocenters. The molecule has 0 radical (unpaired) electrons. The van der Waals surface area contributed by atoms with E-state index in [2.05, 4.69) is 33.0 Å². The van der Waals surface area contributed by atoms with Gasteiger partial charge in [0, 0.05) is 5.69 Å². The predicted molar refractivity (Wildman–Crippen MR) is 107 cm³/mol. The van der Waals surface area contributed by atoms with Gasteiger partial charge in [-0.3, -0.25) is 5.32 Å². The zero-order valence-corrected chi connectivity index (χ0v) is 16.6. The summed E-state index contributed by atoms with van der Waals surface area (Å²) < 4.78 is 5.27. The third kappa shape index (κ3) is 11.6. The molecule has 0 aliphatic heterocycles. The number of anilines is 1. The molecular formula is C22H37NO2. The average molecular weight is 348 g/mol. The normalized spacial score (nSPS) is 13.5. The molecule has 1 aromatic carbocycles. The monoisotopic (exact) mass is 347 g/mol. The van der Waals surface area contributed by atoms with Crippen LogP contribution in [0.4, 0.5) is 10.5 Å². The summed E-state index contributed by atoms with van der Waals surface area (Å²) in [6, 6.07) is 9.41. The fourth-order valence-corrected chi connectivity index (χ4v) is 3.01. The molecule has 1 amide bonds. The lowest BCUT2D eigenvalue weighted by Gasteiger charge is -2.15. The number of amides is 1. The van der Waals surface area contributed by atoms with Gasteiger partial charge in [-0.2, -0.15) is 0 Å². The Hall–Kier alpha value is -1.51. The first-order chi connectivity index (χ1) is 12.0. The molecule has 0 bridgehead atoms. The van der Waals surface area contributed by atoms with E-state index >= 15 is 0 Å². The van der Waals surface area contributed by atoms with Crippen molar-refractivity contribution < 1.29 is 9.53 Å². The SMILES string of the molecule is CC(C)CCCC(C)CCCC(C)CCOC(=O)Nc1ccccc1. The minimum atomic E-state index is -0.364. The van der Waals surface area contributed by atoms with Crippen molar-refractivity contribution in [2.45, 2.75) is 72.6 Å². The zero-order valence-electron chi connectivity index (χ0n) is 16.6. The van der Waals surface area contributed by atoms with Crippen LogP contribution in [0.5, 0.6) is 0 Å². The first-order valence-electron chi connectivity index (χ1n) is 9.96. The summed E-state index contributed by atoms with van der Waals surface area (Å²) in [5.74, 6) is 2.26. The maximum atomic E-state index is 11.7. The van der Waals surface area contributed by atoms with E-state index in [1.807, 2.05) is 30.3 Å². The number of carbonyl (C=O) groups excluding carboxylic acids is 1. The van der Waals surface area contributed by atoms with Gasteiger partial charge < -0.3 is 4.74 Å². The minimum absolute atomic E-state index is 0.364. The Balaban J connectivity index is 2.03. The summed E-state index contributed by atoms with van der Waals surface area (Å²) in [6.45, 7) is 9.72. The Bertz CT molecular complexity index is 458. The Kier molecular flexibility index (Phi) is 11.0. The molecule has 0 heterocycles. The van der Waals surface area contributed by atoms with E-state index in [1.54, 1.807) is 0 Å². The second kappa shape index (κ2) is 12.8. The number of carbonyl (C=O) groups is 1. The smallest absolute Gasteiger partial charge is 0.411 e. The molecule has 1 rings (SSSR count). The second-order valence-electron chi connectivity index (χ2n) is 7.88. The molecule has 3 nitrogen and oxygen atoms in total. The fourth-order valence-electron chi connectivity index (χ4n) is 3.01. The van der Waals surface area contributed by atoms with Crippen LogP contribution in [0.2, 0.25) is 0 Å². The van der Waals surface area contributed by atoms with Gasteiger partial charge in [0.1, 0.15) is 0 Å². The van der Waals surface area contributed by atoms with Gasteiger partial charge >= 0.3 is 6.09 Å². The predicted octanol–water partition coefficient (Wildman–Crippen LogP) is 6.89. The number of nitrogens with one attached hydrogen (secondary N) is 1. The fraction of sp³-hybridized carbons (Fsp3) is 0.682. The summed E-state index contributed by atoms with van der Waals surface area (Å²) in [6.07, 6.45) is 8.45. The highest BCUT2D eigenvalue weighted by Crippen LogP contribution is 2.20. The number of ether oxygens (including phenoxy) is 1. The summed E-state index contributed by atoms with van der Waals surface area (Å²) >= 11 is 0. The lowest BCUT2D eigenvalue weighted by molar-refractivity contribution is 0.153. The Morgan fingerprint density at radius 1 is 0.880 bits per heavy atom. The van der Waals surface area contributed by atoms with Crippen molar-refractivity contribution in [2.75, 3.05) is 11.9 Å². The number of benzene rings is 1. The van der Waals surface area contributed by atoms with Crippen molar-refractivity contribution in [1.82, 2.24) is 0 Å². The van der Waals surface area contributed by atoms with E-state index in [1.165, 1.54) is 38.5 Å². The van der Waals surface area contributed by atoms with Gasteiger partial charge in [0.2, 0.25) is 0 Å². The van der Waals surface area contributed by atoms with Crippen molar-refractivity contribution in [3.8, 4) is 0 Å². The highest BCUT2D eigenvalue weighted by atomic mass is 16.5. The van der Waals surface area contributed by atoms with Gasteiger partial charge in [0.25, 0.3) is 0 Å². The second-order valence-corrected chi connectivity index (χ2v) is 7.88. The summed E-state index contributed by atoms with van der Waals surface area (Å²) in [5.41, 5.74) is 0.770. The quantitative estimate of drug-likeness (QED) is 0.447. The Morgan fingerprint density at radius 2 is 1.44 bits per heavy atom. The standard InChI is InChI=1S/C22H37NO2/c1-18(2)10-8-11-19(3)12-9-13-20(4)16-17-25-22(24)23-21-14-6-5-7-15-21/h5-7,14-15,18-20H,8-13,16-17H2,1-4H3,(H,23,24). The molecule has 0 spiro atoms. The minimum Gasteiger partial charge on any atom is -0.449 e. The number of para-hydroxylation sites is 1. The molecule has 2 unspecified atom stereocenters. The molecule has 142 valence electrons. The molecule has 0 fully saturated rings. The molecule has 0 aromatic heterocycles. The van der Waals surface area contributed by atoms with Crippen LogP contribution in [0.1, 0.15) is 72.6 Å². The molecule has 3 heteroatoms. The maximum Gasteiger partial charge on any atom is 0.411 e. The van der Waals surface area contributed by atoms with Crippen molar-refractivity contribution in [2.24, 2.45) is 17.8 Å². The van der Waals surface area contributed by atoms with Crippen molar-refractivity contribution in [1.29, 1.82) is 0 Å². The largest absolute Gasteiger partial charge is 0.449 e. The van der Waals surface area contributed by atoms with Gasteiger partial charge in [0.15, 0.2) is 0 Å². The topological polar surface area (TPSA) is 38.3 Å². The third-order valence-corrected chi connectivity index (χ3v) is 4.74. The number of hydrogen-bond donors (Lipinski definition) is 1. The van der Waals surface area contributed by atoms with E-state index < -0.39 is 0 Å². The first kappa shape index (κ1) is 21.5. The first-order valence-corrected chi connectivity index (χ1v) is 9.96. The van der Waals surface area contributed by atoms with E-state index in [0.717, 1.165) is 23.9 Å². The molecule has 0 saturated heterocycles. The Morgan fingerprint density at radius 3 is 2.04 bits per heavy atom. The molecular weight excluding hydrogens is 310 g/mol. The molecule has 25 heavy (non-hydrogen) atoms. The third-order valence-electron chi connectivity index (χ3n) is 4.74. The summed E-state index contributed by atoms with van der Waals surface area (Å²) in [4.78, 5) is 11.7. The molecule has 0 saturated carbocycles. The van der Waals surface area contributed by atoms with Gasteiger partial charge in [-0.1, -0.05) is 84.4 Å². The van der Waals surface area contributed by atoms with E-state index in [4.69, 9.17) is 4.74 Å². The summed E-state index contributed by atoms with van der Waals surface area (Å²) in [5, 5.41) is 2.74. The van der Waals surface area contributed by atoms with E-state index in [9.17, 15) is 4.79 Å². The van der Waals surface area contributed by atoms with Crippen LogP contribution in [0.3, 0.4) is 0 Å². The highest BCUT2D eigenvalue weighted by Gasteiger charge is 2.08. The van der Waals surface area contributed by atoms with Gasteiger partial charge in [-0.25, -0.2) is 4.79 Å². The van der Waals surface area contributed by atoms with Gasteiger partial charge in [-0.05, 0) is 36.3 Å². The Labute approximate surface area is 154 Å². The zero-order chi connectivity index (χ0) is 18.5. The number of rotatable bonds is 12. The maximum absolute atomic E-state index is 11.7. The van der Waals surface area contributed by atoms with Gasteiger partial charge in [-0.15, -0.1) is 0 Å². The van der Waals surface area contributed by atoms with E-state index in [-0.39, 0.29) is 6.09 Å². The van der Waals surface area contributed by atoms with E-state index in [0.29, 0.717) is 12.5 Å². The van der Waals surface area contributed by atoms with Crippen LogP contribution in [0, 0.1) is 17.8 Å². The van der Waals surface area contributed by atoms with Crippen molar-refractivity contribution >= 4 is 11.8 Å². The van der Waals surface area contributed by atoms with Crippen LogP contribution in [0.25, 0.3) is 0 Å². The van der Waals surface area contributed by atoms with Gasteiger partial charge in [0.05, 0.1) is 6.61 Å². The molecule has 1 N–H and O–H groups in total. The van der Waals surface area contributed by atoms with Crippen molar-refractivity contribution in [3.63, 3.8) is 0 Å².